The van der Waals surface area contributed by atoms with Crippen LogP contribution in [0.1, 0.15) is 5.69 Å². The van der Waals surface area contributed by atoms with Crippen molar-refractivity contribution in [2.45, 2.75) is 6.18 Å². The zero-order valence-electron chi connectivity index (χ0n) is 7.94. The van der Waals surface area contributed by atoms with Gasteiger partial charge in [0, 0.05) is 6.20 Å². The van der Waals surface area contributed by atoms with Gasteiger partial charge in [0.25, 0.3) is 0 Å². The van der Waals surface area contributed by atoms with E-state index in [1.165, 1.54) is 24.5 Å². The normalized spacial score (nSPS) is 11.7. The third-order valence-electron chi connectivity index (χ3n) is 1.91. The van der Waals surface area contributed by atoms with Crippen LogP contribution in [0.4, 0.5) is 19.0 Å². The fourth-order valence-corrected chi connectivity index (χ4v) is 1.15. The van der Waals surface area contributed by atoms with Crippen molar-refractivity contribution in [1.29, 1.82) is 0 Å². The molecular formula is C9H7F3N4. The summed E-state index contributed by atoms with van der Waals surface area (Å²) in [6, 6.07) is 3.93. The summed E-state index contributed by atoms with van der Waals surface area (Å²) in [4.78, 5) is 3.76. The van der Waals surface area contributed by atoms with Crippen LogP contribution in [0.5, 0.6) is 0 Å². The summed E-state index contributed by atoms with van der Waals surface area (Å²) in [5, 5.41) is 3.39. The van der Waals surface area contributed by atoms with E-state index in [4.69, 9.17) is 5.73 Å². The molecule has 16 heavy (non-hydrogen) atoms. The smallest absolute Gasteiger partial charge is 0.384 e. The van der Waals surface area contributed by atoms with E-state index in [1.807, 2.05) is 0 Å². The second-order valence-electron chi connectivity index (χ2n) is 3.08. The number of alkyl halides is 3. The minimum Gasteiger partial charge on any atom is -0.384 e. The Balaban J connectivity index is 2.35. The fourth-order valence-electron chi connectivity index (χ4n) is 1.15. The van der Waals surface area contributed by atoms with Crippen LogP contribution in [-0.2, 0) is 6.18 Å². The summed E-state index contributed by atoms with van der Waals surface area (Å²) in [6.07, 6.45) is -1.87. The molecule has 0 amide bonds. The van der Waals surface area contributed by atoms with Crippen molar-refractivity contribution >= 4 is 5.82 Å². The van der Waals surface area contributed by atoms with Gasteiger partial charge in [0.1, 0.15) is 5.82 Å². The number of pyridine rings is 1. The summed E-state index contributed by atoms with van der Waals surface area (Å²) >= 11 is 0. The average Bonchev–Trinajstić information content (AvgIpc) is 2.67. The molecule has 0 aromatic carbocycles. The van der Waals surface area contributed by atoms with Gasteiger partial charge < -0.3 is 5.73 Å². The van der Waals surface area contributed by atoms with Gasteiger partial charge in [-0.15, -0.1) is 0 Å². The van der Waals surface area contributed by atoms with Crippen molar-refractivity contribution in [1.82, 2.24) is 14.8 Å². The van der Waals surface area contributed by atoms with Crippen LogP contribution < -0.4 is 5.73 Å². The monoisotopic (exact) mass is 228 g/mol. The molecule has 7 heteroatoms. The first kappa shape index (κ1) is 10.5. The van der Waals surface area contributed by atoms with Crippen LogP contribution in [0.25, 0.3) is 5.69 Å². The van der Waals surface area contributed by atoms with E-state index in [0.29, 0.717) is 11.5 Å². The SMILES string of the molecule is Nc1ccc(-n2ccc(C(F)(F)F)n2)cn1. The molecule has 0 saturated heterocycles. The van der Waals surface area contributed by atoms with E-state index in [0.717, 1.165) is 10.7 Å². The molecule has 2 aromatic rings. The quantitative estimate of drug-likeness (QED) is 0.810. The van der Waals surface area contributed by atoms with Gasteiger partial charge in [-0.05, 0) is 18.2 Å². The number of nitrogen functional groups attached to an aromatic ring is 1. The van der Waals surface area contributed by atoms with E-state index in [1.54, 1.807) is 0 Å². The summed E-state index contributed by atoms with van der Waals surface area (Å²) in [5.74, 6) is 0.298. The molecule has 2 heterocycles. The second kappa shape index (κ2) is 3.51. The van der Waals surface area contributed by atoms with Gasteiger partial charge in [-0.25, -0.2) is 9.67 Å². The number of halogens is 3. The van der Waals surface area contributed by atoms with Gasteiger partial charge in [-0.1, -0.05) is 0 Å². The zero-order valence-corrected chi connectivity index (χ0v) is 7.94. The van der Waals surface area contributed by atoms with Crippen LogP contribution in [0.2, 0.25) is 0 Å². The first-order valence-corrected chi connectivity index (χ1v) is 4.31. The molecule has 0 fully saturated rings. The molecular weight excluding hydrogens is 221 g/mol. The third kappa shape index (κ3) is 1.97. The zero-order chi connectivity index (χ0) is 11.8. The average molecular weight is 228 g/mol. The molecule has 2 N–H and O–H groups in total. The molecule has 84 valence electrons. The predicted molar refractivity (Wildman–Crippen MR) is 50.8 cm³/mol. The number of nitrogens with zero attached hydrogens (tertiary/aromatic N) is 3. The highest BCUT2D eigenvalue weighted by molar-refractivity contribution is 5.36. The molecule has 0 aliphatic rings. The molecule has 0 spiro atoms. The largest absolute Gasteiger partial charge is 0.435 e. The Bertz CT molecular complexity index is 486. The maximum Gasteiger partial charge on any atom is 0.435 e. The van der Waals surface area contributed by atoms with Gasteiger partial charge in [0.2, 0.25) is 0 Å². The topological polar surface area (TPSA) is 56.7 Å². The summed E-state index contributed by atoms with van der Waals surface area (Å²) < 4.78 is 37.9. The number of hydrogen-bond donors (Lipinski definition) is 1. The molecule has 0 atom stereocenters. The second-order valence-corrected chi connectivity index (χ2v) is 3.08. The number of rotatable bonds is 1. The van der Waals surface area contributed by atoms with E-state index in [9.17, 15) is 13.2 Å². The highest BCUT2D eigenvalue weighted by Crippen LogP contribution is 2.27. The van der Waals surface area contributed by atoms with Gasteiger partial charge in [0.05, 0.1) is 11.9 Å². The minimum atomic E-state index is -4.44. The van der Waals surface area contributed by atoms with Crippen LogP contribution >= 0.6 is 0 Å². The van der Waals surface area contributed by atoms with Gasteiger partial charge in [-0.3, -0.25) is 0 Å². The van der Waals surface area contributed by atoms with Crippen molar-refractivity contribution in [2.24, 2.45) is 0 Å². The Labute approximate surface area is 88.5 Å². The highest BCUT2D eigenvalue weighted by Gasteiger charge is 2.33. The third-order valence-corrected chi connectivity index (χ3v) is 1.91. The first-order chi connectivity index (χ1) is 7.47. The standard InChI is InChI=1S/C9H7F3N4/c10-9(11,12)7-3-4-16(15-7)6-1-2-8(13)14-5-6/h1-5H,(H2,13,14). The number of hydrogen-bond acceptors (Lipinski definition) is 3. The van der Waals surface area contributed by atoms with Gasteiger partial charge >= 0.3 is 6.18 Å². The Morgan fingerprint density at radius 1 is 1.19 bits per heavy atom. The van der Waals surface area contributed by atoms with Gasteiger partial charge in [0.15, 0.2) is 5.69 Å². The minimum absolute atomic E-state index is 0.298. The lowest BCUT2D eigenvalue weighted by Crippen LogP contribution is -2.07. The van der Waals surface area contributed by atoms with Crippen LogP contribution in [-0.4, -0.2) is 14.8 Å². The molecule has 0 aliphatic carbocycles. The Morgan fingerprint density at radius 2 is 1.94 bits per heavy atom. The van der Waals surface area contributed by atoms with Crippen LogP contribution in [0.15, 0.2) is 30.6 Å². The lowest BCUT2D eigenvalue weighted by atomic mass is 10.4. The highest BCUT2D eigenvalue weighted by atomic mass is 19.4. The molecule has 4 nitrogen and oxygen atoms in total. The lowest BCUT2D eigenvalue weighted by Gasteiger charge is -2.02. The number of nitrogens with two attached hydrogens (primary N) is 1. The lowest BCUT2D eigenvalue weighted by molar-refractivity contribution is -0.141. The number of anilines is 1. The molecule has 0 saturated carbocycles. The van der Waals surface area contributed by atoms with Crippen molar-refractivity contribution in [3.05, 3.63) is 36.3 Å². The van der Waals surface area contributed by atoms with Crippen LogP contribution in [0.3, 0.4) is 0 Å². The van der Waals surface area contributed by atoms with Crippen molar-refractivity contribution in [3.63, 3.8) is 0 Å². The molecule has 2 rings (SSSR count). The summed E-state index contributed by atoms with van der Waals surface area (Å²) in [5.41, 5.74) is 4.84. The number of aromatic nitrogens is 3. The molecule has 2 aromatic heterocycles. The van der Waals surface area contributed by atoms with E-state index < -0.39 is 11.9 Å². The van der Waals surface area contributed by atoms with Crippen molar-refractivity contribution in [2.75, 3.05) is 5.73 Å². The first-order valence-electron chi connectivity index (χ1n) is 4.31. The molecule has 0 aliphatic heterocycles. The van der Waals surface area contributed by atoms with Crippen LogP contribution in [0, 0.1) is 0 Å². The predicted octanol–water partition coefficient (Wildman–Crippen LogP) is 1.87. The Hall–Kier alpha value is -2.05. The fraction of sp³-hybridized carbons (Fsp3) is 0.111. The Kier molecular flexibility index (Phi) is 2.30. The molecule has 0 radical (unpaired) electrons. The molecule has 0 bridgehead atoms. The van der Waals surface area contributed by atoms with Gasteiger partial charge in [-0.2, -0.15) is 18.3 Å². The Morgan fingerprint density at radius 3 is 2.44 bits per heavy atom. The maximum absolute atomic E-state index is 12.3. The van der Waals surface area contributed by atoms with Crippen molar-refractivity contribution in [3.8, 4) is 5.69 Å². The summed E-state index contributed by atoms with van der Waals surface area (Å²) in [7, 11) is 0. The maximum atomic E-state index is 12.3. The van der Waals surface area contributed by atoms with Crippen molar-refractivity contribution < 1.29 is 13.2 Å². The summed E-state index contributed by atoms with van der Waals surface area (Å²) in [6.45, 7) is 0. The van der Waals surface area contributed by atoms with E-state index >= 15 is 0 Å². The van der Waals surface area contributed by atoms with E-state index in [2.05, 4.69) is 10.1 Å². The van der Waals surface area contributed by atoms with E-state index in [-0.39, 0.29) is 0 Å². The molecule has 0 unspecified atom stereocenters.